The van der Waals surface area contributed by atoms with E-state index in [2.05, 4.69) is 43.3 Å². The van der Waals surface area contributed by atoms with E-state index in [-0.39, 0.29) is 5.91 Å². The summed E-state index contributed by atoms with van der Waals surface area (Å²) in [6, 6.07) is 24.6. The van der Waals surface area contributed by atoms with E-state index in [0.29, 0.717) is 9.23 Å². The van der Waals surface area contributed by atoms with Crippen LogP contribution in [0.5, 0.6) is 0 Å². The predicted molar refractivity (Wildman–Crippen MR) is 129 cm³/mol. The standard InChI is InChI=1S/C24H19NOS3/c1-16-6-10-20(11-7-16)28-21-12-8-18(9-13-21)15-22-23(26)25(24(27)29-22)19-5-3-4-17(2)14-19/h3-15H,1-2H3/b22-15+. The van der Waals surface area contributed by atoms with E-state index in [1.54, 1.807) is 16.7 Å². The van der Waals surface area contributed by atoms with Crippen LogP contribution in [0.25, 0.3) is 6.08 Å². The molecule has 0 radical (unpaired) electrons. The van der Waals surface area contributed by atoms with Crippen LogP contribution < -0.4 is 4.90 Å². The smallest absolute Gasteiger partial charge is 0.268 e. The molecule has 0 saturated carbocycles. The first-order chi connectivity index (χ1) is 14.0. The van der Waals surface area contributed by atoms with Gasteiger partial charge in [0.1, 0.15) is 0 Å². The van der Waals surface area contributed by atoms with Crippen LogP contribution in [0, 0.1) is 13.8 Å². The molecular formula is C24H19NOS3. The number of rotatable bonds is 4. The Morgan fingerprint density at radius 1 is 0.897 bits per heavy atom. The molecule has 2 nitrogen and oxygen atoms in total. The van der Waals surface area contributed by atoms with E-state index in [1.807, 2.05) is 49.4 Å². The molecule has 1 heterocycles. The zero-order valence-electron chi connectivity index (χ0n) is 16.1. The molecule has 1 fully saturated rings. The third kappa shape index (κ3) is 4.64. The summed E-state index contributed by atoms with van der Waals surface area (Å²) >= 11 is 8.54. The lowest BCUT2D eigenvalue weighted by atomic mass is 10.2. The quantitative estimate of drug-likeness (QED) is 0.331. The van der Waals surface area contributed by atoms with Crippen LogP contribution in [0.3, 0.4) is 0 Å². The molecule has 3 aromatic rings. The fraction of sp³-hybridized carbons (Fsp3) is 0.0833. The Balaban J connectivity index is 1.51. The van der Waals surface area contributed by atoms with Crippen LogP contribution in [0.4, 0.5) is 5.69 Å². The van der Waals surface area contributed by atoms with Gasteiger partial charge in [0.2, 0.25) is 0 Å². The fourth-order valence-corrected chi connectivity index (χ4v) is 5.10. The SMILES string of the molecule is Cc1ccc(Sc2ccc(/C=C3/SC(=S)N(c4cccc(C)c4)C3=O)cc2)cc1. The van der Waals surface area contributed by atoms with Gasteiger partial charge >= 0.3 is 0 Å². The first-order valence-electron chi connectivity index (χ1n) is 9.19. The molecule has 1 aliphatic heterocycles. The number of hydrogen-bond donors (Lipinski definition) is 0. The van der Waals surface area contributed by atoms with Crippen LogP contribution in [0.15, 0.2) is 87.5 Å². The molecule has 0 bridgehead atoms. The highest BCUT2D eigenvalue weighted by Gasteiger charge is 2.33. The van der Waals surface area contributed by atoms with Crippen molar-refractivity contribution in [1.29, 1.82) is 0 Å². The molecule has 3 aromatic carbocycles. The predicted octanol–water partition coefficient (Wildman–Crippen LogP) is 6.86. The van der Waals surface area contributed by atoms with Gasteiger partial charge in [-0.05, 0) is 67.4 Å². The third-order valence-electron chi connectivity index (χ3n) is 4.49. The third-order valence-corrected chi connectivity index (χ3v) is 6.81. The Bertz CT molecular complexity index is 1100. The van der Waals surface area contributed by atoms with Crippen molar-refractivity contribution < 1.29 is 4.79 Å². The Morgan fingerprint density at radius 2 is 1.55 bits per heavy atom. The summed E-state index contributed by atoms with van der Waals surface area (Å²) in [7, 11) is 0. The van der Waals surface area contributed by atoms with Crippen molar-refractivity contribution >= 4 is 57.7 Å². The zero-order valence-corrected chi connectivity index (χ0v) is 18.5. The average Bonchev–Trinajstić information content (AvgIpc) is 2.98. The fourth-order valence-electron chi connectivity index (χ4n) is 2.98. The lowest BCUT2D eigenvalue weighted by Gasteiger charge is -2.14. The van der Waals surface area contributed by atoms with Gasteiger partial charge in [-0.2, -0.15) is 0 Å². The zero-order chi connectivity index (χ0) is 20.4. The summed E-state index contributed by atoms with van der Waals surface area (Å²) in [5.74, 6) is -0.0660. The van der Waals surface area contributed by atoms with Gasteiger partial charge in [-0.25, -0.2) is 0 Å². The Morgan fingerprint density at radius 3 is 2.21 bits per heavy atom. The molecule has 144 valence electrons. The number of benzene rings is 3. The number of carbonyl (C=O) groups excluding carboxylic acids is 1. The van der Waals surface area contributed by atoms with Crippen LogP contribution in [0.1, 0.15) is 16.7 Å². The number of nitrogens with zero attached hydrogens (tertiary/aromatic N) is 1. The van der Waals surface area contributed by atoms with Crippen molar-refractivity contribution in [2.24, 2.45) is 0 Å². The van der Waals surface area contributed by atoms with Crippen LogP contribution in [0.2, 0.25) is 0 Å². The Hall–Kier alpha value is -2.34. The van der Waals surface area contributed by atoms with Gasteiger partial charge in [0.15, 0.2) is 4.32 Å². The maximum atomic E-state index is 12.9. The lowest BCUT2D eigenvalue weighted by molar-refractivity contribution is -0.113. The van der Waals surface area contributed by atoms with Crippen LogP contribution >= 0.6 is 35.7 Å². The highest BCUT2D eigenvalue weighted by Crippen LogP contribution is 2.36. The molecule has 0 atom stereocenters. The highest BCUT2D eigenvalue weighted by atomic mass is 32.2. The molecule has 4 rings (SSSR count). The van der Waals surface area contributed by atoms with Gasteiger partial charge < -0.3 is 0 Å². The van der Waals surface area contributed by atoms with Gasteiger partial charge in [-0.15, -0.1) is 0 Å². The maximum absolute atomic E-state index is 12.9. The molecule has 1 amide bonds. The van der Waals surface area contributed by atoms with Crippen LogP contribution in [-0.2, 0) is 4.79 Å². The van der Waals surface area contributed by atoms with E-state index in [1.165, 1.54) is 27.1 Å². The summed E-state index contributed by atoms with van der Waals surface area (Å²) in [4.78, 5) is 17.5. The van der Waals surface area contributed by atoms with Gasteiger partial charge in [0, 0.05) is 9.79 Å². The van der Waals surface area contributed by atoms with Crippen molar-refractivity contribution in [3.63, 3.8) is 0 Å². The van der Waals surface area contributed by atoms with Crippen molar-refractivity contribution in [1.82, 2.24) is 0 Å². The van der Waals surface area contributed by atoms with E-state index in [9.17, 15) is 4.79 Å². The number of amides is 1. The lowest BCUT2D eigenvalue weighted by Crippen LogP contribution is -2.27. The summed E-state index contributed by atoms with van der Waals surface area (Å²) in [5.41, 5.74) is 4.17. The minimum absolute atomic E-state index is 0.0660. The van der Waals surface area contributed by atoms with Gasteiger partial charge in [-0.1, -0.05) is 77.7 Å². The van der Waals surface area contributed by atoms with E-state index in [4.69, 9.17) is 12.2 Å². The van der Waals surface area contributed by atoms with Gasteiger partial charge in [-0.3, -0.25) is 9.69 Å². The summed E-state index contributed by atoms with van der Waals surface area (Å²) in [6.07, 6.45) is 1.91. The number of thiocarbonyl (C=S) groups is 1. The second-order valence-electron chi connectivity index (χ2n) is 6.84. The van der Waals surface area contributed by atoms with Crippen molar-refractivity contribution in [3.8, 4) is 0 Å². The maximum Gasteiger partial charge on any atom is 0.270 e. The van der Waals surface area contributed by atoms with E-state index >= 15 is 0 Å². The molecule has 0 aromatic heterocycles. The molecule has 0 spiro atoms. The molecule has 0 N–H and O–H groups in total. The molecule has 0 aliphatic carbocycles. The van der Waals surface area contributed by atoms with E-state index < -0.39 is 0 Å². The van der Waals surface area contributed by atoms with Crippen molar-refractivity contribution in [2.75, 3.05) is 4.90 Å². The number of aryl methyl sites for hydroxylation is 2. The Kier molecular flexibility index (Phi) is 5.90. The average molecular weight is 434 g/mol. The minimum Gasteiger partial charge on any atom is -0.268 e. The normalized spacial score (nSPS) is 15.4. The van der Waals surface area contributed by atoms with Crippen LogP contribution in [-0.4, -0.2) is 10.2 Å². The first kappa shape index (κ1) is 20.0. The molecule has 5 heteroatoms. The number of thioether (sulfide) groups is 1. The molecule has 0 unspecified atom stereocenters. The number of hydrogen-bond acceptors (Lipinski definition) is 4. The van der Waals surface area contributed by atoms with Crippen molar-refractivity contribution in [2.45, 2.75) is 23.6 Å². The number of anilines is 1. The summed E-state index contributed by atoms with van der Waals surface area (Å²) < 4.78 is 0.568. The Labute approximate surface area is 185 Å². The highest BCUT2D eigenvalue weighted by molar-refractivity contribution is 8.27. The summed E-state index contributed by atoms with van der Waals surface area (Å²) in [5, 5.41) is 0. The molecule has 29 heavy (non-hydrogen) atoms. The largest absolute Gasteiger partial charge is 0.270 e. The molecular weight excluding hydrogens is 414 g/mol. The van der Waals surface area contributed by atoms with E-state index in [0.717, 1.165) is 16.8 Å². The second kappa shape index (κ2) is 8.57. The van der Waals surface area contributed by atoms with Gasteiger partial charge in [0.05, 0.1) is 10.6 Å². The second-order valence-corrected chi connectivity index (χ2v) is 9.66. The first-order valence-corrected chi connectivity index (χ1v) is 11.2. The summed E-state index contributed by atoms with van der Waals surface area (Å²) in [6.45, 7) is 4.10. The minimum atomic E-state index is -0.0660. The van der Waals surface area contributed by atoms with Crippen molar-refractivity contribution in [3.05, 3.63) is 94.4 Å². The van der Waals surface area contributed by atoms with Gasteiger partial charge in [0.25, 0.3) is 5.91 Å². The topological polar surface area (TPSA) is 20.3 Å². The monoisotopic (exact) mass is 433 g/mol. The molecule has 1 aliphatic rings. The number of carbonyl (C=O) groups is 1. The molecule has 1 saturated heterocycles.